The van der Waals surface area contributed by atoms with Crippen LogP contribution in [0.1, 0.15) is 29.3 Å². The van der Waals surface area contributed by atoms with Crippen molar-refractivity contribution in [1.82, 2.24) is 21.1 Å². The minimum atomic E-state index is -0.367. The van der Waals surface area contributed by atoms with E-state index in [2.05, 4.69) is 30.6 Å². The van der Waals surface area contributed by atoms with E-state index in [9.17, 15) is 14.4 Å². The second kappa shape index (κ2) is 8.56. The predicted molar refractivity (Wildman–Crippen MR) is 91.8 cm³/mol. The smallest absolute Gasteiger partial charge is 0.239 e. The van der Waals surface area contributed by atoms with Gasteiger partial charge in [0.25, 0.3) is 0 Å². The van der Waals surface area contributed by atoms with Crippen LogP contribution in [-0.2, 0) is 11.2 Å². The number of amides is 1. The van der Waals surface area contributed by atoms with Crippen LogP contribution >= 0.6 is 0 Å². The van der Waals surface area contributed by atoms with E-state index in [0.29, 0.717) is 6.42 Å². The number of amidine groups is 1. The maximum atomic E-state index is 13.5. The number of nitrogens with zero attached hydrogens (tertiary/aromatic N) is 3. The largest absolute Gasteiger partial charge is 0.395 e. The van der Waals surface area contributed by atoms with Crippen LogP contribution in [0.25, 0.3) is 0 Å². The Kier molecular flexibility index (Phi) is 5.94. The van der Waals surface area contributed by atoms with Crippen LogP contribution in [-0.4, -0.2) is 52.1 Å². The third-order valence-corrected chi connectivity index (χ3v) is 4.11. The zero-order valence-corrected chi connectivity index (χ0v) is 14.3. The van der Waals surface area contributed by atoms with Crippen LogP contribution in [0.3, 0.4) is 0 Å². The summed E-state index contributed by atoms with van der Waals surface area (Å²) in [6.45, 7) is -0.179. The van der Waals surface area contributed by atoms with Crippen LogP contribution in [0.5, 0.6) is 0 Å². The van der Waals surface area contributed by atoms with E-state index in [1.807, 2.05) is 5.48 Å². The summed E-state index contributed by atoms with van der Waals surface area (Å²) in [5.41, 5.74) is 3.79. The molecular formula is C16H19FN6O4. The lowest BCUT2D eigenvalue weighted by Gasteiger charge is -2.10. The molecule has 1 aromatic heterocycles. The molecule has 0 spiro atoms. The Morgan fingerprint density at radius 1 is 1.41 bits per heavy atom. The number of aliphatic hydroxyl groups is 1. The van der Waals surface area contributed by atoms with Crippen LogP contribution in [0, 0.1) is 5.82 Å². The Morgan fingerprint density at radius 3 is 3.04 bits per heavy atom. The number of aryl methyl sites for hydroxylation is 1. The fraction of sp³-hybridized carbons (Fsp3) is 0.375. The summed E-state index contributed by atoms with van der Waals surface area (Å²) in [6, 6.07) is 4.20. The number of carbonyl (C=O) groups excluding carboxylic acids is 1. The van der Waals surface area contributed by atoms with E-state index >= 15 is 0 Å². The lowest BCUT2D eigenvalue weighted by molar-refractivity contribution is -0.119. The van der Waals surface area contributed by atoms with Crippen molar-refractivity contribution in [3.8, 4) is 0 Å². The molecule has 1 aromatic carbocycles. The van der Waals surface area contributed by atoms with Gasteiger partial charge >= 0.3 is 0 Å². The molecule has 27 heavy (non-hydrogen) atoms. The number of hydrogen-bond donors (Lipinski definition) is 5. The number of halogens is 1. The molecule has 10 nitrogen and oxygen atoms in total. The number of anilines is 1. The normalized spacial score (nSPS) is 16.1. The molecule has 0 bridgehead atoms. The van der Waals surface area contributed by atoms with E-state index in [4.69, 9.17) is 5.11 Å². The Balaban J connectivity index is 1.76. The van der Waals surface area contributed by atoms with Gasteiger partial charge in [0.1, 0.15) is 5.82 Å². The fourth-order valence-corrected chi connectivity index (χ4v) is 2.87. The van der Waals surface area contributed by atoms with Gasteiger partial charge in [-0.2, -0.15) is 0 Å². The minimum absolute atomic E-state index is 0.0170. The molecule has 0 saturated carbocycles. The molecule has 5 N–H and O–H groups in total. The number of aromatic nitrogens is 2. The van der Waals surface area contributed by atoms with Crippen molar-refractivity contribution in [3.63, 3.8) is 0 Å². The predicted octanol–water partition coefficient (Wildman–Crippen LogP) is 0.142. The Morgan fingerprint density at radius 2 is 2.26 bits per heavy atom. The van der Waals surface area contributed by atoms with Gasteiger partial charge in [-0.15, -0.1) is 0 Å². The third-order valence-electron chi connectivity index (χ3n) is 4.11. The van der Waals surface area contributed by atoms with E-state index in [1.54, 1.807) is 6.07 Å². The zero-order valence-electron chi connectivity index (χ0n) is 14.3. The lowest BCUT2D eigenvalue weighted by Crippen LogP contribution is -2.32. The fourth-order valence-electron chi connectivity index (χ4n) is 2.87. The van der Waals surface area contributed by atoms with Crippen LogP contribution in [0.15, 0.2) is 27.8 Å². The van der Waals surface area contributed by atoms with E-state index in [1.165, 1.54) is 12.1 Å². The van der Waals surface area contributed by atoms with Gasteiger partial charge in [-0.25, -0.2) is 9.02 Å². The van der Waals surface area contributed by atoms with Crippen LogP contribution in [0.4, 0.5) is 10.2 Å². The molecule has 0 aliphatic heterocycles. The number of nitrogens with one attached hydrogen (secondary N) is 3. The first-order valence-corrected chi connectivity index (χ1v) is 8.33. The highest BCUT2D eigenvalue weighted by atomic mass is 19.1. The highest BCUT2D eigenvalue weighted by molar-refractivity contribution is 6.00. The molecule has 0 unspecified atom stereocenters. The second-order valence-electron chi connectivity index (χ2n) is 5.88. The quantitative estimate of drug-likeness (QED) is 0.260. The summed E-state index contributed by atoms with van der Waals surface area (Å²) in [7, 11) is 0. The van der Waals surface area contributed by atoms with E-state index in [-0.39, 0.29) is 54.8 Å². The topological polar surface area (TPSA) is 145 Å². The van der Waals surface area contributed by atoms with Gasteiger partial charge in [-0.05, 0) is 46.4 Å². The number of aliphatic hydroxyl groups excluding tert-OH is 1. The molecule has 1 heterocycles. The summed E-state index contributed by atoms with van der Waals surface area (Å²) in [4.78, 5) is 16.0. The van der Waals surface area contributed by atoms with Gasteiger partial charge in [-0.1, -0.05) is 6.07 Å². The first-order valence-electron chi connectivity index (χ1n) is 8.33. The van der Waals surface area contributed by atoms with Crippen molar-refractivity contribution in [2.75, 3.05) is 25.0 Å². The number of fused-ring (bicyclic) bond motifs is 1. The zero-order chi connectivity index (χ0) is 19.2. The summed E-state index contributed by atoms with van der Waals surface area (Å²) in [6.07, 6.45) is 1.40. The van der Waals surface area contributed by atoms with Gasteiger partial charge < -0.3 is 15.7 Å². The lowest BCUT2D eigenvalue weighted by atomic mass is 10.1. The molecule has 2 aromatic rings. The Bertz CT molecular complexity index is 840. The number of carbonyl (C=O) groups is 1. The van der Waals surface area contributed by atoms with Gasteiger partial charge in [-0.3, -0.25) is 20.5 Å². The molecule has 11 heteroatoms. The summed E-state index contributed by atoms with van der Waals surface area (Å²) < 4.78 is 18.2. The molecule has 144 valence electrons. The first kappa shape index (κ1) is 18.7. The number of benzene rings is 1. The number of hydroxylamine groups is 1. The van der Waals surface area contributed by atoms with Gasteiger partial charge in [0, 0.05) is 6.54 Å². The van der Waals surface area contributed by atoms with Crippen molar-refractivity contribution in [1.29, 1.82) is 0 Å². The molecule has 0 fully saturated rings. The summed E-state index contributed by atoms with van der Waals surface area (Å²) in [5.74, 6) is -0.633. The maximum Gasteiger partial charge on any atom is 0.239 e. The van der Waals surface area contributed by atoms with Crippen molar-refractivity contribution < 1.29 is 24.1 Å². The maximum absolute atomic E-state index is 13.5. The van der Waals surface area contributed by atoms with Gasteiger partial charge in [0.15, 0.2) is 11.5 Å². The van der Waals surface area contributed by atoms with Gasteiger partial charge in [0.05, 0.1) is 19.2 Å². The molecule has 1 aliphatic rings. The van der Waals surface area contributed by atoms with Crippen molar-refractivity contribution in [3.05, 3.63) is 40.8 Å². The molecule has 0 saturated heterocycles. The Labute approximate surface area is 153 Å². The van der Waals surface area contributed by atoms with Gasteiger partial charge in [0.2, 0.25) is 11.7 Å². The van der Waals surface area contributed by atoms with Crippen molar-refractivity contribution >= 4 is 17.6 Å². The summed E-state index contributed by atoms with van der Waals surface area (Å²) in [5, 5.41) is 30.7. The Hall–Kier alpha value is -3.05. The second-order valence-corrected chi connectivity index (χ2v) is 5.88. The molecule has 1 aliphatic carbocycles. The molecule has 3 rings (SSSR count). The number of aliphatic imine (C=N–C) groups is 1. The average molecular weight is 378 g/mol. The molecule has 1 atom stereocenters. The molecular weight excluding hydrogens is 359 g/mol. The molecule has 0 radical (unpaired) electrons. The highest BCUT2D eigenvalue weighted by Gasteiger charge is 2.25. The third kappa shape index (κ3) is 4.38. The number of hydrogen-bond acceptors (Lipinski definition) is 8. The van der Waals surface area contributed by atoms with E-state index in [0.717, 1.165) is 17.5 Å². The summed E-state index contributed by atoms with van der Waals surface area (Å²) >= 11 is 0. The van der Waals surface area contributed by atoms with Crippen molar-refractivity contribution in [2.24, 2.45) is 4.99 Å². The highest BCUT2D eigenvalue weighted by Crippen LogP contribution is 2.34. The van der Waals surface area contributed by atoms with Crippen molar-refractivity contribution in [2.45, 2.75) is 18.9 Å². The first-order chi connectivity index (χ1) is 13.1. The van der Waals surface area contributed by atoms with Crippen LogP contribution < -0.4 is 16.1 Å². The van der Waals surface area contributed by atoms with Crippen LogP contribution in [0.2, 0.25) is 0 Å². The molecule has 1 amide bonds. The average Bonchev–Trinajstić information content (AvgIpc) is 3.29. The monoisotopic (exact) mass is 378 g/mol. The minimum Gasteiger partial charge on any atom is -0.395 e. The number of rotatable bonds is 7. The standard InChI is InChI=1S/C16H19FN6O4/c17-10-3-1-9-2-4-12(11(9)7-10)20-16(21-26)14-15(23-27-22-14)19-8-13(25)18-5-6-24/h1,3,7,12,24,26H,2,4-6,8H2,(H,18,25)(H,19,23)(H,20,21)/t12-/m0/s1. The SMILES string of the molecule is O=C(CNc1nonc1C(=N[C@H]1CCc2ccc(F)cc21)NO)NCCO. The van der Waals surface area contributed by atoms with E-state index < -0.39 is 0 Å².